The molecule has 0 spiro atoms. The molecule has 0 bridgehead atoms. The number of carbonyl (C=O) groups excluding carboxylic acids is 1. The van der Waals surface area contributed by atoms with Crippen molar-refractivity contribution in [3.8, 4) is 57.3 Å². The van der Waals surface area contributed by atoms with Crippen LogP contribution >= 0.6 is 0 Å². The van der Waals surface area contributed by atoms with Gasteiger partial charge in [0.1, 0.15) is 87.3 Å². The second-order valence-electron chi connectivity index (χ2n) is 12.3. The summed E-state index contributed by atoms with van der Waals surface area (Å²) in [7, 11) is 0. The van der Waals surface area contributed by atoms with Gasteiger partial charge in [-0.1, -0.05) is 12.1 Å². The lowest BCUT2D eigenvalue weighted by molar-refractivity contribution is -0.277. The molecule has 16 nitrogen and oxygen atoms in total. The van der Waals surface area contributed by atoms with Gasteiger partial charge in [-0.25, -0.2) is 0 Å². The molecule has 0 amide bonds. The minimum absolute atomic E-state index is 0.0692. The molecule has 52 heavy (non-hydrogen) atoms. The number of hydrogen-bond acceptors (Lipinski definition) is 16. The van der Waals surface area contributed by atoms with Gasteiger partial charge < -0.3 is 69.7 Å². The highest BCUT2D eigenvalue weighted by atomic mass is 16.7. The Balaban J connectivity index is 1.53. The first-order valence-electron chi connectivity index (χ1n) is 15.7. The number of ether oxygens (including phenoxy) is 3. The maximum atomic E-state index is 14.7. The summed E-state index contributed by atoms with van der Waals surface area (Å²) in [5, 5.41) is 103. The average molecular weight is 719 g/mol. The normalized spacial score (nSPS) is 24.3. The second-order valence-corrected chi connectivity index (χ2v) is 12.3. The Kier molecular flexibility index (Phi) is 8.56. The largest absolute Gasteiger partial charge is 0.508 e. The van der Waals surface area contributed by atoms with Crippen LogP contribution in [0.3, 0.4) is 0 Å². The second kappa shape index (κ2) is 12.9. The molecule has 0 unspecified atom stereocenters. The number of phenolic OH excluding ortho intramolecular Hbond substituents is 6. The molecule has 0 aliphatic carbocycles. The molecular weight excluding hydrogens is 688 g/mol. The van der Waals surface area contributed by atoms with E-state index in [4.69, 9.17) is 18.6 Å². The number of phenols is 6. The lowest BCUT2D eigenvalue weighted by Crippen LogP contribution is -2.60. The molecule has 16 heteroatoms. The van der Waals surface area contributed by atoms with Crippen molar-refractivity contribution in [1.29, 1.82) is 0 Å². The zero-order valence-corrected chi connectivity index (χ0v) is 26.5. The van der Waals surface area contributed by atoms with Crippen molar-refractivity contribution in [2.75, 3.05) is 6.61 Å². The van der Waals surface area contributed by atoms with Gasteiger partial charge in [0, 0.05) is 29.8 Å². The summed E-state index contributed by atoms with van der Waals surface area (Å²) >= 11 is 0. The number of ketones is 1. The lowest BCUT2D eigenvalue weighted by Gasteiger charge is -2.40. The van der Waals surface area contributed by atoms with E-state index < -0.39 is 112 Å². The fraction of sp³-hybridized carbons (Fsp3) is 0.222. The molecule has 270 valence electrons. The van der Waals surface area contributed by atoms with Crippen LogP contribution in [0.2, 0.25) is 0 Å². The Hall–Kier alpha value is -6.04. The Bertz CT molecular complexity index is 2260. The predicted octanol–water partition coefficient (Wildman–Crippen LogP) is 1.97. The SMILES string of the molecule is O=C1c2c(O)cc(O)cc2O[C@H](c2ccc(O)cc2)[C@H]1c1c(O[C@@H]2O[C@H](CO)[C@@H](O)[C@H](O)[C@H]2O)cc(O)c2c(=O)cc(-c3ccc(O)c(O)c3)oc12. The summed E-state index contributed by atoms with van der Waals surface area (Å²) in [4.78, 5) is 28.4. The number of fused-ring (bicyclic) bond motifs is 2. The van der Waals surface area contributed by atoms with Gasteiger partial charge in [-0.2, -0.15) is 0 Å². The van der Waals surface area contributed by atoms with E-state index in [1.54, 1.807) is 0 Å². The van der Waals surface area contributed by atoms with E-state index in [0.717, 1.165) is 36.4 Å². The molecule has 2 aliphatic heterocycles. The summed E-state index contributed by atoms with van der Waals surface area (Å²) in [6.07, 6.45) is -10.4. The summed E-state index contributed by atoms with van der Waals surface area (Å²) in [6, 6.07) is 12.8. The van der Waals surface area contributed by atoms with Crippen molar-refractivity contribution in [3.63, 3.8) is 0 Å². The standard InChI is InChI=1S/C36H30O16/c37-12-25-30(45)32(47)33(48)36(52-25)51-24-11-21(44)26-20(43)10-22(14-3-6-17(40)18(41)7-14)49-35(26)28(24)29-31(46)27-19(42)8-16(39)9-23(27)50-34(29)13-1-4-15(38)5-2-13/h1-11,25,29-30,32-34,36-42,44-45,47-48H,12H2/t25-,29+,30-,32+,33-,34-,36-/m1/s1. The first-order valence-corrected chi connectivity index (χ1v) is 15.7. The van der Waals surface area contributed by atoms with Gasteiger partial charge in [0.2, 0.25) is 6.29 Å². The number of aromatic hydroxyl groups is 6. The van der Waals surface area contributed by atoms with E-state index in [1.807, 2.05) is 0 Å². The summed E-state index contributed by atoms with van der Waals surface area (Å²) in [6.45, 7) is -0.820. The van der Waals surface area contributed by atoms with E-state index in [1.165, 1.54) is 30.3 Å². The highest BCUT2D eigenvalue weighted by Crippen LogP contribution is 2.52. The number of hydrogen-bond donors (Lipinski definition) is 10. The first kappa shape index (κ1) is 34.4. The molecule has 2 aliphatic rings. The Morgan fingerprint density at radius 1 is 0.712 bits per heavy atom. The van der Waals surface area contributed by atoms with Crippen molar-refractivity contribution in [1.82, 2.24) is 0 Å². The number of aliphatic hydroxyl groups excluding tert-OH is 4. The van der Waals surface area contributed by atoms with Gasteiger partial charge in [-0.15, -0.1) is 0 Å². The number of aliphatic hydroxyl groups is 4. The van der Waals surface area contributed by atoms with Crippen LogP contribution < -0.4 is 14.9 Å². The van der Waals surface area contributed by atoms with E-state index >= 15 is 0 Å². The minimum atomic E-state index is -1.97. The molecule has 7 atom stereocenters. The third-order valence-corrected chi connectivity index (χ3v) is 9.02. The molecule has 7 rings (SSSR count). The molecule has 1 fully saturated rings. The Morgan fingerprint density at radius 2 is 1.44 bits per heavy atom. The summed E-state index contributed by atoms with van der Waals surface area (Å²) < 4.78 is 24.0. The minimum Gasteiger partial charge on any atom is -0.508 e. The maximum Gasteiger partial charge on any atom is 0.229 e. The first-order chi connectivity index (χ1) is 24.8. The number of benzene rings is 4. The highest BCUT2D eigenvalue weighted by Gasteiger charge is 2.48. The molecule has 0 saturated carbocycles. The van der Waals surface area contributed by atoms with Gasteiger partial charge in [0.05, 0.1) is 18.1 Å². The van der Waals surface area contributed by atoms with E-state index in [9.17, 15) is 60.7 Å². The van der Waals surface area contributed by atoms with Crippen LogP contribution in [0.25, 0.3) is 22.3 Å². The predicted molar refractivity (Wildman–Crippen MR) is 176 cm³/mol. The van der Waals surface area contributed by atoms with Gasteiger partial charge in [-0.3, -0.25) is 9.59 Å². The quantitative estimate of drug-likeness (QED) is 0.112. The summed E-state index contributed by atoms with van der Waals surface area (Å²) in [5.41, 5.74) is -1.75. The Labute approximate surface area is 291 Å². The molecule has 1 saturated heterocycles. The van der Waals surface area contributed by atoms with Crippen LogP contribution in [0.15, 0.2) is 75.9 Å². The molecule has 0 radical (unpaired) electrons. The van der Waals surface area contributed by atoms with Crippen molar-refractivity contribution in [2.24, 2.45) is 0 Å². The molecule has 1 aromatic heterocycles. The third-order valence-electron chi connectivity index (χ3n) is 9.02. The summed E-state index contributed by atoms with van der Waals surface area (Å²) in [5.74, 6) is -6.56. The van der Waals surface area contributed by atoms with Crippen LogP contribution in [0.5, 0.6) is 46.0 Å². The van der Waals surface area contributed by atoms with E-state index in [0.29, 0.717) is 0 Å². The van der Waals surface area contributed by atoms with Crippen LogP contribution in [-0.2, 0) is 4.74 Å². The number of carbonyl (C=O) groups is 1. The smallest absolute Gasteiger partial charge is 0.229 e. The zero-order chi connectivity index (χ0) is 37.2. The fourth-order valence-corrected chi connectivity index (χ4v) is 6.44. The van der Waals surface area contributed by atoms with E-state index in [-0.39, 0.29) is 33.9 Å². The molecular formula is C36H30O16. The average Bonchev–Trinajstić information content (AvgIpc) is 3.10. The van der Waals surface area contributed by atoms with Gasteiger partial charge in [0.15, 0.2) is 22.7 Å². The molecule has 10 N–H and O–H groups in total. The fourth-order valence-electron chi connectivity index (χ4n) is 6.44. The zero-order valence-electron chi connectivity index (χ0n) is 26.5. The van der Waals surface area contributed by atoms with Crippen molar-refractivity contribution >= 4 is 16.8 Å². The van der Waals surface area contributed by atoms with Crippen molar-refractivity contribution in [2.45, 2.75) is 42.7 Å². The van der Waals surface area contributed by atoms with E-state index in [2.05, 4.69) is 0 Å². The van der Waals surface area contributed by atoms with Gasteiger partial charge in [0.25, 0.3) is 0 Å². The van der Waals surface area contributed by atoms with Gasteiger partial charge in [-0.05, 0) is 35.9 Å². The van der Waals surface area contributed by atoms with Crippen LogP contribution in [0.4, 0.5) is 0 Å². The topological polar surface area (TPSA) is 277 Å². The van der Waals surface area contributed by atoms with Gasteiger partial charge >= 0.3 is 0 Å². The third kappa shape index (κ3) is 5.73. The highest BCUT2D eigenvalue weighted by molar-refractivity contribution is 6.09. The van der Waals surface area contributed by atoms with Crippen LogP contribution in [0, 0.1) is 0 Å². The van der Waals surface area contributed by atoms with Crippen molar-refractivity contribution in [3.05, 3.63) is 93.6 Å². The van der Waals surface area contributed by atoms with Crippen LogP contribution in [0.1, 0.15) is 33.5 Å². The lowest BCUT2D eigenvalue weighted by atomic mass is 9.79. The van der Waals surface area contributed by atoms with Crippen LogP contribution in [-0.4, -0.2) is 94.2 Å². The Morgan fingerprint density at radius 3 is 2.13 bits per heavy atom. The molecule has 3 heterocycles. The monoisotopic (exact) mass is 718 g/mol. The molecule has 5 aromatic rings. The molecule has 4 aromatic carbocycles. The van der Waals surface area contributed by atoms with Crippen molar-refractivity contribution < 1.29 is 74.5 Å². The number of rotatable bonds is 6. The number of Topliss-reactive ketones (excluding diaryl/α,β-unsaturated/α-hetero) is 1. The maximum absolute atomic E-state index is 14.7.